The Kier molecular flexibility index (Phi) is 50.0. The van der Waals surface area contributed by atoms with Gasteiger partial charge in [-0.05, 0) is 37.2 Å². The van der Waals surface area contributed by atoms with E-state index in [9.17, 15) is 9.59 Å². The first-order valence-electron chi connectivity index (χ1n) is 25.8. The fourth-order valence-corrected chi connectivity index (χ4v) is 8.96. The Morgan fingerprint density at radius 2 is 0.672 bits per heavy atom. The SMILES string of the molecule is CCCCCCCCCCCCCCCCOC(=O)CCSCCCC(=N)NCCNCCNC(=N)CCCSCCC(=O)OCCCCCCCCCCCCCCCC. The van der Waals surface area contributed by atoms with Gasteiger partial charge in [0.2, 0.25) is 0 Å². The lowest BCUT2D eigenvalue weighted by Gasteiger charge is -2.11. The third-order valence-electron chi connectivity index (χ3n) is 11.1. The van der Waals surface area contributed by atoms with Gasteiger partial charge < -0.3 is 25.4 Å². The number of nitrogens with one attached hydrogen (secondary N) is 5. The summed E-state index contributed by atoms with van der Waals surface area (Å²) < 4.78 is 10.8. The monoisotopic (exact) mass is 898 g/mol. The highest BCUT2D eigenvalue weighted by molar-refractivity contribution is 7.99. The summed E-state index contributed by atoms with van der Waals surface area (Å²) in [5.74, 6) is 4.41. The van der Waals surface area contributed by atoms with Gasteiger partial charge in [0.05, 0.1) is 37.7 Å². The van der Waals surface area contributed by atoms with Gasteiger partial charge in [-0.15, -0.1) is 0 Å². The molecule has 360 valence electrons. The van der Waals surface area contributed by atoms with Gasteiger partial charge in [-0.1, -0.05) is 181 Å². The van der Waals surface area contributed by atoms with Crippen LogP contribution < -0.4 is 16.0 Å². The van der Waals surface area contributed by atoms with E-state index in [2.05, 4.69) is 29.8 Å². The first kappa shape index (κ1) is 59.5. The lowest BCUT2D eigenvalue weighted by atomic mass is 10.0. The molecule has 0 saturated heterocycles. The van der Waals surface area contributed by atoms with E-state index in [4.69, 9.17) is 20.3 Å². The van der Waals surface area contributed by atoms with Crippen LogP contribution in [0.15, 0.2) is 0 Å². The van der Waals surface area contributed by atoms with Crippen LogP contribution >= 0.6 is 23.5 Å². The molecule has 0 saturated carbocycles. The number of carbonyl (C=O) groups excluding carboxylic acids is 2. The van der Waals surface area contributed by atoms with Gasteiger partial charge in [-0.2, -0.15) is 23.5 Å². The second-order valence-electron chi connectivity index (χ2n) is 17.1. The molecule has 0 bridgehead atoms. The first-order valence-corrected chi connectivity index (χ1v) is 28.1. The molecule has 0 aromatic heterocycles. The Morgan fingerprint density at radius 3 is 0.984 bits per heavy atom. The minimum absolute atomic E-state index is 0.0811. The zero-order valence-corrected chi connectivity index (χ0v) is 41.7. The van der Waals surface area contributed by atoms with Crippen LogP contribution in [0, 0.1) is 10.8 Å². The molecule has 5 N–H and O–H groups in total. The quantitative estimate of drug-likeness (QED) is 0.0175. The van der Waals surface area contributed by atoms with Crippen molar-refractivity contribution in [2.75, 3.05) is 62.4 Å². The summed E-state index contributed by atoms with van der Waals surface area (Å²) >= 11 is 3.53. The highest BCUT2D eigenvalue weighted by Gasteiger charge is 2.06. The summed E-state index contributed by atoms with van der Waals surface area (Å²) in [4.78, 5) is 24.1. The number of thioether (sulfide) groups is 2. The predicted molar refractivity (Wildman–Crippen MR) is 269 cm³/mol. The number of carbonyl (C=O) groups is 2. The molecular weight excluding hydrogens is 799 g/mol. The maximum Gasteiger partial charge on any atom is 0.306 e. The molecule has 0 radical (unpaired) electrons. The first-order chi connectivity index (χ1) is 30.0. The minimum Gasteiger partial charge on any atom is -0.466 e. The summed E-state index contributed by atoms with van der Waals surface area (Å²) in [6.45, 7) is 8.62. The molecule has 0 aliphatic heterocycles. The standard InChI is InChI=1S/C50H99N5O4S2/c1-3-5-7-9-11-13-15-17-19-21-23-25-27-29-41-58-49(56)35-45-60-43-31-33-47(51)54-39-37-53-38-40-55-48(52)34-32-44-61-46-36-50(57)59-42-30-28-26-24-22-20-18-16-14-12-10-8-6-4-2/h53H,3-46H2,1-2H3,(H2,51,54)(H2,52,55). The van der Waals surface area contributed by atoms with Crippen LogP contribution in [0.1, 0.15) is 232 Å². The van der Waals surface area contributed by atoms with Crippen molar-refractivity contribution in [3.8, 4) is 0 Å². The summed E-state index contributed by atoms with van der Waals surface area (Å²) in [5, 5.41) is 26.0. The van der Waals surface area contributed by atoms with E-state index < -0.39 is 0 Å². The highest BCUT2D eigenvalue weighted by atomic mass is 32.2. The summed E-state index contributed by atoms with van der Waals surface area (Å²) in [6.07, 6.45) is 41.4. The van der Waals surface area contributed by atoms with E-state index in [0.717, 1.165) is 87.5 Å². The largest absolute Gasteiger partial charge is 0.466 e. The van der Waals surface area contributed by atoms with Crippen molar-refractivity contribution in [3.63, 3.8) is 0 Å². The molecule has 0 spiro atoms. The number of hydrogen-bond acceptors (Lipinski definition) is 9. The van der Waals surface area contributed by atoms with E-state index in [1.807, 2.05) is 0 Å². The second-order valence-corrected chi connectivity index (χ2v) is 19.6. The van der Waals surface area contributed by atoms with Gasteiger partial charge in [0.1, 0.15) is 0 Å². The van der Waals surface area contributed by atoms with E-state index in [-0.39, 0.29) is 11.9 Å². The van der Waals surface area contributed by atoms with Gasteiger partial charge in [0.15, 0.2) is 0 Å². The minimum atomic E-state index is -0.0811. The van der Waals surface area contributed by atoms with Crippen LogP contribution in [-0.4, -0.2) is 86.0 Å². The molecule has 0 unspecified atom stereocenters. The van der Waals surface area contributed by atoms with Crippen molar-refractivity contribution in [2.24, 2.45) is 0 Å². The normalized spacial score (nSPS) is 11.2. The molecule has 0 aliphatic rings. The fraction of sp³-hybridized carbons (Fsp3) is 0.920. The van der Waals surface area contributed by atoms with Gasteiger partial charge >= 0.3 is 11.9 Å². The third kappa shape index (κ3) is 51.1. The average Bonchev–Trinajstić information content (AvgIpc) is 3.25. The zero-order chi connectivity index (χ0) is 44.4. The summed E-state index contributed by atoms with van der Waals surface area (Å²) in [7, 11) is 0. The predicted octanol–water partition coefficient (Wildman–Crippen LogP) is 13.6. The molecule has 0 amide bonds. The van der Waals surface area contributed by atoms with Crippen molar-refractivity contribution in [3.05, 3.63) is 0 Å². The van der Waals surface area contributed by atoms with E-state index in [1.54, 1.807) is 23.5 Å². The second kappa shape index (κ2) is 51.2. The number of hydrogen-bond donors (Lipinski definition) is 5. The Hall–Kier alpha value is -1.46. The van der Waals surface area contributed by atoms with Gasteiger partial charge in [0, 0.05) is 50.5 Å². The molecule has 0 fully saturated rings. The van der Waals surface area contributed by atoms with Crippen LogP contribution in [0.3, 0.4) is 0 Å². The maximum absolute atomic E-state index is 12.0. The molecule has 61 heavy (non-hydrogen) atoms. The number of unbranched alkanes of at least 4 members (excludes halogenated alkanes) is 26. The zero-order valence-electron chi connectivity index (χ0n) is 40.1. The molecule has 0 aliphatic carbocycles. The number of amidine groups is 2. The highest BCUT2D eigenvalue weighted by Crippen LogP contribution is 2.15. The molecule has 0 aromatic carbocycles. The summed E-state index contributed by atoms with van der Waals surface area (Å²) in [6, 6.07) is 0. The van der Waals surface area contributed by atoms with Gasteiger partial charge in [-0.3, -0.25) is 20.4 Å². The average molecular weight is 899 g/mol. The van der Waals surface area contributed by atoms with Crippen LogP contribution in [0.25, 0.3) is 0 Å². The topological polar surface area (TPSA) is 136 Å². The van der Waals surface area contributed by atoms with E-state index >= 15 is 0 Å². The van der Waals surface area contributed by atoms with Crippen molar-refractivity contribution in [1.82, 2.24) is 16.0 Å². The Labute approximate surface area is 385 Å². The lowest BCUT2D eigenvalue weighted by molar-refractivity contribution is -0.144. The molecule has 9 nitrogen and oxygen atoms in total. The van der Waals surface area contributed by atoms with Crippen molar-refractivity contribution >= 4 is 47.1 Å². The van der Waals surface area contributed by atoms with E-state index in [0.29, 0.717) is 50.8 Å². The fourth-order valence-electron chi connectivity index (χ4n) is 7.23. The summed E-state index contributed by atoms with van der Waals surface area (Å²) in [5.41, 5.74) is 0. The Bertz CT molecular complexity index is 902. The van der Waals surface area contributed by atoms with Gasteiger partial charge in [0.25, 0.3) is 0 Å². The Balaban J connectivity index is 3.36. The van der Waals surface area contributed by atoms with Crippen molar-refractivity contribution in [1.29, 1.82) is 10.8 Å². The molecule has 0 heterocycles. The lowest BCUT2D eigenvalue weighted by Crippen LogP contribution is -2.36. The third-order valence-corrected chi connectivity index (χ3v) is 13.3. The Morgan fingerprint density at radius 1 is 0.377 bits per heavy atom. The van der Waals surface area contributed by atoms with Crippen molar-refractivity contribution < 1.29 is 19.1 Å². The van der Waals surface area contributed by atoms with Crippen LogP contribution in [0.5, 0.6) is 0 Å². The molecular formula is C50H99N5O4S2. The maximum atomic E-state index is 12.0. The number of rotatable bonds is 50. The number of esters is 2. The van der Waals surface area contributed by atoms with Gasteiger partial charge in [-0.25, -0.2) is 0 Å². The smallest absolute Gasteiger partial charge is 0.306 e. The number of ether oxygens (including phenoxy) is 2. The van der Waals surface area contributed by atoms with Crippen molar-refractivity contribution in [2.45, 2.75) is 232 Å². The molecule has 11 heteroatoms. The van der Waals surface area contributed by atoms with E-state index in [1.165, 1.54) is 154 Å². The molecule has 0 rings (SSSR count). The van der Waals surface area contributed by atoms with Crippen LogP contribution in [0.4, 0.5) is 0 Å². The van der Waals surface area contributed by atoms with Crippen LogP contribution in [-0.2, 0) is 19.1 Å². The molecule has 0 aromatic rings. The van der Waals surface area contributed by atoms with Crippen LogP contribution in [0.2, 0.25) is 0 Å². The molecule has 0 atom stereocenters.